The van der Waals surface area contributed by atoms with Gasteiger partial charge in [-0.25, -0.2) is 4.79 Å². The Bertz CT molecular complexity index is 760. The van der Waals surface area contributed by atoms with Gasteiger partial charge in [-0.05, 0) is 42.0 Å². The molecule has 0 fully saturated rings. The number of esters is 1. The number of hydrogen-bond acceptors (Lipinski definition) is 5. The topological polar surface area (TPSA) is 88.6 Å². The van der Waals surface area contributed by atoms with Crippen LogP contribution in [-0.4, -0.2) is 36.4 Å². The molecule has 7 heteroatoms. The molecule has 0 unspecified atom stereocenters. The molecular weight excluding hydrogens is 334 g/mol. The van der Waals surface area contributed by atoms with Crippen LogP contribution in [0.15, 0.2) is 48.8 Å². The number of aromatic nitrogens is 1. The Morgan fingerprint density at radius 2 is 1.73 bits per heavy atom. The Kier molecular flexibility index (Phi) is 6.84. The fourth-order valence-electron chi connectivity index (χ4n) is 2.37. The van der Waals surface area contributed by atoms with Crippen LogP contribution in [0.5, 0.6) is 0 Å². The average Bonchev–Trinajstić information content (AvgIpc) is 2.67. The van der Waals surface area contributed by atoms with Gasteiger partial charge in [0, 0.05) is 44.5 Å². The summed E-state index contributed by atoms with van der Waals surface area (Å²) in [5.74, 6) is -0.779. The Morgan fingerprint density at radius 1 is 1.08 bits per heavy atom. The molecule has 0 saturated heterocycles. The molecule has 2 amide bonds. The van der Waals surface area contributed by atoms with Crippen LogP contribution in [-0.2, 0) is 20.9 Å². The summed E-state index contributed by atoms with van der Waals surface area (Å²) in [5.41, 5.74) is 1.97. The lowest BCUT2D eigenvalue weighted by Gasteiger charge is -2.21. The number of amides is 2. The van der Waals surface area contributed by atoms with Crippen molar-refractivity contribution in [2.45, 2.75) is 19.9 Å². The Morgan fingerprint density at radius 3 is 2.31 bits per heavy atom. The minimum atomic E-state index is -0.443. The van der Waals surface area contributed by atoms with Gasteiger partial charge in [-0.3, -0.25) is 14.6 Å². The van der Waals surface area contributed by atoms with E-state index in [9.17, 15) is 14.4 Å². The zero-order chi connectivity index (χ0) is 18.9. The van der Waals surface area contributed by atoms with Gasteiger partial charge < -0.3 is 15.0 Å². The first-order valence-corrected chi connectivity index (χ1v) is 8.13. The van der Waals surface area contributed by atoms with Crippen molar-refractivity contribution >= 4 is 23.5 Å². The number of pyridine rings is 1. The molecule has 1 aromatic heterocycles. The molecule has 0 radical (unpaired) electrons. The smallest absolute Gasteiger partial charge is 0.337 e. The molecule has 2 rings (SSSR count). The molecule has 7 nitrogen and oxygen atoms in total. The molecule has 0 saturated carbocycles. The van der Waals surface area contributed by atoms with Crippen molar-refractivity contribution in [3.05, 3.63) is 59.9 Å². The maximum Gasteiger partial charge on any atom is 0.337 e. The van der Waals surface area contributed by atoms with Crippen LogP contribution >= 0.6 is 0 Å². The average molecular weight is 355 g/mol. The van der Waals surface area contributed by atoms with E-state index in [4.69, 9.17) is 0 Å². The van der Waals surface area contributed by atoms with Crippen LogP contribution in [0, 0.1) is 0 Å². The van der Waals surface area contributed by atoms with Crippen molar-refractivity contribution in [2.24, 2.45) is 0 Å². The van der Waals surface area contributed by atoms with Crippen molar-refractivity contribution in [1.29, 1.82) is 0 Å². The SMILES string of the molecule is COC(=O)c1ccc(N(CCC(=O)NCc2ccncc2)C(C)=O)cc1. The number of carbonyl (C=O) groups excluding carboxylic acids is 3. The van der Waals surface area contributed by atoms with Crippen molar-refractivity contribution in [2.75, 3.05) is 18.6 Å². The molecule has 1 N–H and O–H groups in total. The van der Waals surface area contributed by atoms with Crippen molar-refractivity contribution in [3.8, 4) is 0 Å². The second-order valence-corrected chi connectivity index (χ2v) is 5.59. The molecule has 0 bridgehead atoms. The van der Waals surface area contributed by atoms with Gasteiger partial charge in [0.1, 0.15) is 0 Å². The van der Waals surface area contributed by atoms with Gasteiger partial charge in [-0.15, -0.1) is 0 Å². The largest absolute Gasteiger partial charge is 0.465 e. The van der Waals surface area contributed by atoms with Gasteiger partial charge in [0.25, 0.3) is 0 Å². The Labute approximate surface area is 152 Å². The van der Waals surface area contributed by atoms with E-state index in [1.54, 1.807) is 36.7 Å². The molecule has 2 aromatic rings. The molecule has 136 valence electrons. The molecule has 0 aliphatic rings. The minimum Gasteiger partial charge on any atom is -0.465 e. The van der Waals surface area contributed by atoms with Gasteiger partial charge >= 0.3 is 5.97 Å². The molecule has 1 aromatic carbocycles. The highest BCUT2D eigenvalue weighted by Gasteiger charge is 2.14. The summed E-state index contributed by atoms with van der Waals surface area (Å²) in [4.78, 5) is 40.8. The first kappa shape index (κ1) is 19.1. The molecule has 26 heavy (non-hydrogen) atoms. The van der Waals surface area contributed by atoms with E-state index in [1.165, 1.54) is 18.9 Å². The summed E-state index contributed by atoms with van der Waals surface area (Å²) in [7, 11) is 1.31. The monoisotopic (exact) mass is 355 g/mol. The van der Waals surface area contributed by atoms with Crippen LogP contribution in [0.2, 0.25) is 0 Å². The van der Waals surface area contributed by atoms with E-state index in [1.807, 2.05) is 12.1 Å². The summed E-state index contributed by atoms with van der Waals surface area (Å²) >= 11 is 0. The first-order valence-electron chi connectivity index (χ1n) is 8.13. The quantitative estimate of drug-likeness (QED) is 0.767. The second kappa shape index (κ2) is 9.31. The molecule has 1 heterocycles. The van der Waals surface area contributed by atoms with E-state index < -0.39 is 5.97 Å². The van der Waals surface area contributed by atoms with Crippen molar-refractivity contribution in [3.63, 3.8) is 0 Å². The Hall–Kier alpha value is -3.22. The molecule has 0 aliphatic carbocycles. The maximum atomic E-state index is 12.0. The number of carbonyl (C=O) groups is 3. The number of anilines is 1. The van der Waals surface area contributed by atoms with Gasteiger partial charge in [0.2, 0.25) is 11.8 Å². The molecule has 0 spiro atoms. The summed E-state index contributed by atoms with van der Waals surface area (Å²) in [6.45, 7) is 2.09. The van der Waals surface area contributed by atoms with Crippen LogP contribution in [0.3, 0.4) is 0 Å². The summed E-state index contributed by atoms with van der Waals surface area (Å²) in [5, 5.41) is 2.81. The predicted molar refractivity (Wildman–Crippen MR) is 96.5 cm³/mol. The number of benzene rings is 1. The van der Waals surface area contributed by atoms with Gasteiger partial charge in [0.15, 0.2) is 0 Å². The van der Waals surface area contributed by atoms with Gasteiger partial charge in [0.05, 0.1) is 12.7 Å². The number of rotatable bonds is 7. The third-order valence-electron chi connectivity index (χ3n) is 3.78. The number of nitrogens with zero attached hydrogens (tertiary/aromatic N) is 2. The molecular formula is C19H21N3O4. The summed E-state index contributed by atoms with van der Waals surface area (Å²) < 4.78 is 4.65. The van der Waals surface area contributed by atoms with Crippen molar-refractivity contribution in [1.82, 2.24) is 10.3 Å². The highest BCUT2D eigenvalue weighted by molar-refractivity contribution is 5.94. The van der Waals surface area contributed by atoms with E-state index in [2.05, 4.69) is 15.0 Å². The maximum absolute atomic E-state index is 12.0. The van der Waals surface area contributed by atoms with E-state index in [0.29, 0.717) is 17.8 Å². The number of ether oxygens (including phenoxy) is 1. The fourth-order valence-corrected chi connectivity index (χ4v) is 2.37. The first-order chi connectivity index (χ1) is 12.5. The zero-order valence-electron chi connectivity index (χ0n) is 14.8. The van der Waals surface area contributed by atoms with Crippen LogP contribution in [0.25, 0.3) is 0 Å². The van der Waals surface area contributed by atoms with Gasteiger partial charge in [-0.2, -0.15) is 0 Å². The Balaban J connectivity index is 1.92. The lowest BCUT2D eigenvalue weighted by Crippen LogP contribution is -2.33. The highest BCUT2D eigenvalue weighted by atomic mass is 16.5. The second-order valence-electron chi connectivity index (χ2n) is 5.59. The predicted octanol–water partition coefficient (Wildman–Crippen LogP) is 1.93. The lowest BCUT2D eigenvalue weighted by atomic mass is 10.2. The number of hydrogen-bond donors (Lipinski definition) is 1. The fraction of sp³-hybridized carbons (Fsp3) is 0.263. The number of nitrogens with one attached hydrogen (secondary N) is 1. The van der Waals surface area contributed by atoms with Crippen molar-refractivity contribution < 1.29 is 19.1 Å². The molecule has 0 atom stereocenters. The van der Waals surface area contributed by atoms with Gasteiger partial charge in [-0.1, -0.05) is 0 Å². The van der Waals surface area contributed by atoms with Crippen LogP contribution in [0.1, 0.15) is 29.3 Å². The van der Waals surface area contributed by atoms with Crippen LogP contribution < -0.4 is 10.2 Å². The third kappa shape index (κ3) is 5.41. The summed E-state index contributed by atoms with van der Waals surface area (Å²) in [6, 6.07) is 10.1. The normalized spacial score (nSPS) is 10.1. The van der Waals surface area contributed by atoms with E-state index >= 15 is 0 Å². The minimum absolute atomic E-state index is 0.153. The van der Waals surface area contributed by atoms with E-state index in [0.717, 1.165) is 5.56 Å². The third-order valence-corrected chi connectivity index (χ3v) is 3.78. The molecule has 0 aliphatic heterocycles. The van der Waals surface area contributed by atoms with Crippen LogP contribution in [0.4, 0.5) is 5.69 Å². The van der Waals surface area contributed by atoms with E-state index in [-0.39, 0.29) is 24.8 Å². The highest BCUT2D eigenvalue weighted by Crippen LogP contribution is 2.16. The zero-order valence-corrected chi connectivity index (χ0v) is 14.8. The lowest BCUT2D eigenvalue weighted by molar-refractivity contribution is -0.121. The standard InChI is InChI=1S/C19H21N3O4/c1-14(23)22(17-5-3-16(4-6-17)19(25)26-2)12-9-18(24)21-13-15-7-10-20-11-8-15/h3-8,10-11H,9,12-13H2,1-2H3,(H,21,24). The number of methoxy groups -OCH3 is 1. The summed E-state index contributed by atoms with van der Waals surface area (Å²) in [6.07, 6.45) is 3.50.